The normalized spacial score (nSPS) is 21.3. The van der Waals surface area contributed by atoms with Crippen molar-refractivity contribution < 1.29 is 5.11 Å². The van der Waals surface area contributed by atoms with E-state index in [2.05, 4.69) is 54.5 Å². The monoisotopic (exact) mass is 338 g/mol. The number of allylic oxidation sites excluding steroid dienone is 1. The second-order valence-electron chi connectivity index (χ2n) is 9.13. The van der Waals surface area contributed by atoms with Crippen LogP contribution in [0.3, 0.4) is 0 Å². The average molecular weight is 339 g/mol. The van der Waals surface area contributed by atoms with Crippen molar-refractivity contribution in [1.29, 1.82) is 0 Å². The Morgan fingerprint density at radius 3 is 1.83 bits per heavy atom. The molecule has 1 N–H and O–H groups in total. The van der Waals surface area contributed by atoms with Crippen molar-refractivity contribution in [2.24, 2.45) is 11.3 Å². The summed E-state index contributed by atoms with van der Waals surface area (Å²) < 4.78 is 0. The highest BCUT2D eigenvalue weighted by atomic mass is 28.3. The summed E-state index contributed by atoms with van der Waals surface area (Å²) in [6.45, 7) is 15.8. The van der Waals surface area contributed by atoms with Crippen molar-refractivity contribution in [2.75, 3.05) is 0 Å². The molecule has 0 saturated heterocycles. The van der Waals surface area contributed by atoms with Crippen LogP contribution in [-0.4, -0.2) is 18.8 Å². The van der Waals surface area contributed by atoms with E-state index in [0.717, 1.165) is 12.3 Å². The maximum Gasteiger partial charge on any atom is 0.0804 e. The molecule has 0 aromatic rings. The predicted molar refractivity (Wildman–Crippen MR) is 107 cm³/mol. The molecular formula is C21H42OSi. The Morgan fingerprint density at radius 1 is 0.957 bits per heavy atom. The zero-order chi connectivity index (χ0) is 17.7. The summed E-state index contributed by atoms with van der Waals surface area (Å²) in [7, 11) is -1.42. The third-order valence-corrected chi connectivity index (χ3v) is 12.7. The van der Waals surface area contributed by atoms with Gasteiger partial charge in [0, 0.05) is 0 Å². The molecule has 0 radical (unpaired) electrons. The van der Waals surface area contributed by atoms with Gasteiger partial charge in [-0.2, -0.15) is 0 Å². The largest absolute Gasteiger partial charge is 0.389 e. The van der Waals surface area contributed by atoms with Crippen LogP contribution in [0.5, 0.6) is 0 Å². The first-order valence-electron chi connectivity index (χ1n) is 10.1. The smallest absolute Gasteiger partial charge is 0.0804 e. The van der Waals surface area contributed by atoms with Crippen LogP contribution >= 0.6 is 0 Å². The van der Waals surface area contributed by atoms with Crippen LogP contribution in [0.25, 0.3) is 0 Å². The Morgan fingerprint density at radius 2 is 1.43 bits per heavy atom. The van der Waals surface area contributed by atoms with Gasteiger partial charge in [0.05, 0.1) is 13.7 Å². The van der Waals surface area contributed by atoms with Crippen molar-refractivity contribution in [3.05, 3.63) is 11.3 Å². The first-order chi connectivity index (χ1) is 10.6. The summed E-state index contributed by atoms with van der Waals surface area (Å²) >= 11 is 0. The summed E-state index contributed by atoms with van der Waals surface area (Å²) in [6, 6.07) is 3.95. The Labute approximate surface area is 147 Å². The van der Waals surface area contributed by atoms with Crippen LogP contribution < -0.4 is 0 Å². The maximum absolute atomic E-state index is 11.2. The van der Waals surface area contributed by atoms with E-state index < -0.39 is 13.7 Å². The highest BCUT2D eigenvalue weighted by molar-refractivity contribution is 6.86. The van der Waals surface area contributed by atoms with Gasteiger partial charge in [0.1, 0.15) is 0 Å². The molecule has 1 unspecified atom stereocenters. The van der Waals surface area contributed by atoms with E-state index in [1.54, 1.807) is 5.20 Å². The van der Waals surface area contributed by atoms with Crippen LogP contribution in [0.2, 0.25) is 18.1 Å². The molecule has 0 amide bonds. The van der Waals surface area contributed by atoms with E-state index in [1.807, 2.05) is 0 Å². The SMILES string of the molecule is CC[Si](CC)(CC)/C(=C/C1CCCCC1)CC(C)(O)C(C)(C)C. The lowest BCUT2D eigenvalue weighted by Crippen LogP contribution is -2.45. The fraction of sp³-hybridized carbons (Fsp3) is 0.905. The van der Waals surface area contributed by atoms with Crippen molar-refractivity contribution in [1.82, 2.24) is 0 Å². The molecule has 1 rings (SSSR count). The van der Waals surface area contributed by atoms with Crippen LogP contribution in [0.1, 0.15) is 87.0 Å². The van der Waals surface area contributed by atoms with E-state index >= 15 is 0 Å². The highest BCUT2D eigenvalue weighted by Gasteiger charge is 2.41. The topological polar surface area (TPSA) is 20.2 Å². The van der Waals surface area contributed by atoms with Gasteiger partial charge in [0.2, 0.25) is 0 Å². The third-order valence-electron chi connectivity index (χ3n) is 6.95. The first-order valence-corrected chi connectivity index (χ1v) is 12.7. The van der Waals surface area contributed by atoms with Gasteiger partial charge in [-0.3, -0.25) is 0 Å². The number of hydrogen-bond donors (Lipinski definition) is 1. The molecule has 0 aromatic heterocycles. The van der Waals surface area contributed by atoms with Crippen molar-refractivity contribution in [3.8, 4) is 0 Å². The zero-order valence-electron chi connectivity index (χ0n) is 17.0. The molecule has 0 heterocycles. The Balaban J connectivity index is 3.17. The van der Waals surface area contributed by atoms with Crippen molar-refractivity contribution >= 4 is 8.07 Å². The molecule has 0 spiro atoms. The van der Waals surface area contributed by atoms with Gasteiger partial charge in [0.15, 0.2) is 0 Å². The minimum absolute atomic E-state index is 0.0754. The molecule has 1 atom stereocenters. The molecule has 136 valence electrons. The summed E-state index contributed by atoms with van der Waals surface area (Å²) in [5, 5.41) is 12.9. The van der Waals surface area contributed by atoms with Gasteiger partial charge in [-0.05, 0) is 37.5 Å². The fourth-order valence-electron chi connectivity index (χ4n) is 4.08. The van der Waals surface area contributed by atoms with Gasteiger partial charge in [-0.1, -0.05) is 90.2 Å². The van der Waals surface area contributed by atoms with E-state index in [-0.39, 0.29) is 5.41 Å². The fourth-order valence-corrected chi connectivity index (χ4v) is 8.25. The van der Waals surface area contributed by atoms with Gasteiger partial charge in [-0.25, -0.2) is 0 Å². The molecule has 0 aliphatic heterocycles. The van der Waals surface area contributed by atoms with Crippen LogP contribution in [0, 0.1) is 11.3 Å². The number of hydrogen-bond acceptors (Lipinski definition) is 1. The molecule has 1 fully saturated rings. The van der Waals surface area contributed by atoms with Gasteiger partial charge in [-0.15, -0.1) is 0 Å². The van der Waals surface area contributed by atoms with Crippen LogP contribution in [-0.2, 0) is 0 Å². The van der Waals surface area contributed by atoms with Gasteiger partial charge < -0.3 is 5.11 Å². The molecular weight excluding hydrogens is 296 g/mol. The number of aliphatic hydroxyl groups is 1. The molecule has 0 aromatic carbocycles. The van der Waals surface area contributed by atoms with Crippen molar-refractivity contribution in [2.45, 2.75) is 111 Å². The number of rotatable bonds is 7. The van der Waals surface area contributed by atoms with Gasteiger partial charge in [0.25, 0.3) is 0 Å². The molecule has 1 aliphatic rings. The molecule has 0 bridgehead atoms. The predicted octanol–water partition coefficient (Wildman–Crippen LogP) is 6.73. The summed E-state index contributed by atoms with van der Waals surface area (Å²) in [5.41, 5.74) is -0.695. The lowest BCUT2D eigenvalue weighted by molar-refractivity contribution is -0.0395. The zero-order valence-corrected chi connectivity index (χ0v) is 18.0. The average Bonchev–Trinajstić information content (AvgIpc) is 2.49. The quantitative estimate of drug-likeness (QED) is 0.510. The molecule has 1 nitrogen and oxygen atoms in total. The second kappa shape index (κ2) is 8.34. The van der Waals surface area contributed by atoms with E-state index in [1.165, 1.54) is 50.2 Å². The maximum atomic E-state index is 11.2. The summed E-state index contributed by atoms with van der Waals surface area (Å²) in [5.74, 6) is 0.769. The summed E-state index contributed by atoms with van der Waals surface area (Å²) in [4.78, 5) is 0. The highest BCUT2D eigenvalue weighted by Crippen LogP contribution is 2.41. The lowest BCUT2D eigenvalue weighted by atomic mass is 9.75. The Hall–Kier alpha value is -0.0831. The standard InChI is InChI=1S/C21H42OSi/c1-8-23(9-2,10-3)19(16-18-14-12-11-13-15-18)17-21(7,22)20(4,5)6/h16,18,22H,8-15,17H2,1-7H3/b19-16+. The second-order valence-corrected chi connectivity index (χ2v) is 14.5. The van der Waals surface area contributed by atoms with Crippen LogP contribution in [0.15, 0.2) is 11.3 Å². The minimum Gasteiger partial charge on any atom is -0.389 e. The van der Waals surface area contributed by atoms with Crippen LogP contribution in [0.4, 0.5) is 0 Å². The van der Waals surface area contributed by atoms with E-state index in [0.29, 0.717) is 0 Å². The van der Waals surface area contributed by atoms with E-state index in [9.17, 15) is 5.11 Å². The minimum atomic E-state index is -1.42. The first kappa shape index (κ1) is 21.0. The summed E-state index contributed by atoms with van der Waals surface area (Å²) in [6.07, 6.45) is 10.5. The third kappa shape index (κ3) is 5.19. The lowest BCUT2D eigenvalue weighted by Gasteiger charge is -2.42. The van der Waals surface area contributed by atoms with E-state index in [4.69, 9.17) is 0 Å². The Kier molecular flexibility index (Phi) is 7.60. The molecule has 1 aliphatic carbocycles. The molecule has 2 heteroatoms. The van der Waals surface area contributed by atoms with Gasteiger partial charge >= 0.3 is 0 Å². The van der Waals surface area contributed by atoms with Crippen molar-refractivity contribution in [3.63, 3.8) is 0 Å². The molecule has 1 saturated carbocycles. The molecule has 23 heavy (non-hydrogen) atoms. The Bertz CT molecular complexity index is 371.